The van der Waals surface area contributed by atoms with Gasteiger partial charge in [-0.15, -0.1) is 102 Å². The number of hydrogen-bond donors (Lipinski definition) is 2. The summed E-state index contributed by atoms with van der Waals surface area (Å²) in [4.78, 5) is 24.3. The SMILES string of the molecule is C.C#CC.CO.CO.CS(=O)(=O)[O-].[2H]C([2H])([2H])c1ccc(-c2[c-]cccc2)nc1.[2H]C([2H])([2H])c1ccc(-c2[c-]cccc2)nc1.[2H]c1nc(-c2[c-]ccc3c2oc2nc(C([2H])([2H])[2H])ccc23)c([2H])c([2H])c1[2H].[2H]c1nc(-c2cccc3c2oc2nc(C([2H])([2H])[2H])ccc23)c([2H])c([2H])c1[2H].[B][B][B].[Ir].[Ir]. The normalized spacial score (nSPS) is 13.5. The standard InChI is InChI=1S/C17H12N2O.C17H11N2O.2C12H10N.C3H4.CH4O3S.2CH4O.CH4.B3.2Ir/c2*1-11-8-9-13-12-5-4-6-14(15-7-2-3-10-18-15)16(12)20-17(13)19-11;2*1-10-7-8-12(13-9-10)11-5-3-2-4-6-11;1-3-2;1-5(2,3)4;2*1-2;;1-3-2;;/h2-10H,1H3;2-5,7-10H,1H3;2*2-5,7-9H,1H3;1H,2H3;1H3,(H,2,3,4);2*2H,1H3;1H4;;;/q;3*-1;;;;;;;;/p-1/i2*1D3,2D,3D,7D,10D;2*1D3;;;;;;;;. The first kappa shape index (κ1) is 46.6. The van der Waals surface area contributed by atoms with E-state index in [4.69, 9.17) is 59.4 Å². The molecule has 0 aliphatic carbocycles. The van der Waals surface area contributed by atoms with Crippen molar-refractivity contribution in [2.45, 2.75) is 41.8 Å². The average Bonchev–Trinajstić information content (AvgIpc) is 1.58. The van der Waals surface area contributed by atoms with Crippen LogP contribution in [0.5, 0.6) is 0 Å². The van der Waals surface area contributed by atoms with Crippen LogP contribution < -0.4 is 0 Å². The first-order valence-electron chi connectivity index (χ1n) is 33.1. The largest absolute Gasteiger partial charge is 0.748 e. The molecule has 0 atom stereocenters. The van der Waals surface area contributed by atoms with Crippen LogP contribution in [0, 0.1) is 58.0 Å². The number of hydrogen-bond acceptors (Lipinski definition) is 13. The maximum atomic E-state index is 9.08. The Bertz CT molecular complexity index is 4600. The third kappa shape index (κ3) is 23.5. The Labute approximate surface area is 552 Å². The Kier molecular flexibility index (Phi) is 22.0. The van der Waals surface area contributed by atoms with E-state index in [2.05, 4.69) is 75.9 Å². The molecule has 8 aromatic heterocycles. The van der Waals surface area contributed by atoms with E-state index in [9.17, 15) is 0 Å². The maximum absolute atomic E-state index is 9.08. The molecule has 431 valence electrons. The fourth-order valence-corrected chi connectivity index (χ4v) is 6.58. The molecule has 0 saturated carbocycles. The van der Waals surface area contributed by atoms with Crippen molar-refractivity contribution in [3.63, 3.8) is 0 Å². The second-order valence-corrected chi connectivity index (χ2v) is 16.5. The van der Waals surface area contributed by atoms with Gasteiger partial charge in [0.05, 0.1) is 32.4 Å². The van der Waals surface area contributed by atoms with Crippen LogP contribution in [-0.2, 0) is 50.3 Å². The predicted octanol–water partition coefficient (Wildman–Crippen LogP) is 12.7. The Morgan fingerprint density at radius 2 is 1.06 bits per heavy atom. The van der Waals surface area contributed by atoms with Crippen LogP contribution in [0.25, 0.3) is 89.2 Å². The van der Waals surface area contributed by atoms with Gasteiger partial charge in [-0.1, -0.05) is 72.9 Å². The molecule has 19 heteroatoms. The molecular formula is C65H62B3Ir2N6O7S-4. The van der Waals surface area contributed by atoms with Crippen molar-refractivity contribution in [2.24, 2.45) is 0 Å². The number of nitrogens with zero attached hydrogens (tertiary/aromatic N) is 6. The molecule has 0 spiro atoms. The molecule has 0 unspecified atom stereocenters. The van der Waals surface area contributed by atoms with Gasteiger partial charge in [0.1, 0.15) is 5.58 Å². The number of para-hydroxylation sites is 1. The number of aromatic nitrogens is 6. The molecule has 2 N–H and O–H groups in total. The topological polar surface area (TPSA) is 201 Å². The number of aliphatic hydroxyl groups is 2. The zero-order chi connectivity index (χ0) is 76.1. The number of furan rings is 2. The van der Waals surface area contributed by atoms with Crippen molar-refractivity contribution in [1.29, 1.82) is 0 Å². The summed E-state index contributed by atoms with van der Waals surface area (Å²) in [6.45, 7) is -7.27. The molecule has 0 aliphatic heterocycles. The van der Waals surface area contributed by atoms with Crippen molar-refractivity contribution >= 4 is 76.8 Å². The van der Waals surface area contributed by atoms with Gasteiger partial charge in [-0.2, -0.15) is 0 Å². The summed E-state index contributed by atoms with van der Waals surface area (Å²) in [7, 11) is 8.08. The van der Waals surface area contributed by atoms with Crippen molar-refractivity contribution in [1.82, 2.24) is 29.9 Å². The smallest absolute Gasteiger partial charge is 0.227 e. The molecule has 8 heterocycles. The second kappa shape index (κ2) is 39.7. The van der Waals surface area contributed by atoms with Gasteiger partial charge in [0.2, 0.25) is 11.4 Å². The first-order chi connectivity index (χ1) is 47.3. The molecule has 0 amide bonds. The quantitative estimate of drug-likeness (QED) is 0.0730. The van der Waals surface area contributed by atoms with Crippen molar-refractivity contribution < 1.29 is 99.6 Å². The molecule has 0 aliphatic rings. The van der Waals surface area contributed by atoms with E-state index in [1.807, 2.05) is 36.4 Å². The van der Waals surface area contributed by atoms with Gasteiger partial charge >= 0.3 is 0 Å². The monoisotopic (exact) mass is 1510 g/mol. The van der Waals surface area contributed by atoms with Crippen LogP contribution in [0.1, 0.15) is 64.3 Å². The molecule has 4 aromatic carbocycles. The van der Waals surface area contributed by atoms with Gasteiger partial charge in [0.25, 0.3) is 0 Å². The maximum Gasteiger partial charge on any atom is 0.227 e. The van der Waals surface area contributed by atoms with E-state index in [0.29, 0.717) is 38.9 Å². The van der Waals surface area contributed by atoms with Gasteiger partial charge in [-0.3, -0.25) is 4.98 Å². The molecule has 12 rings (SSSR count). The summed E-state index contributed by atoms with van der Waals surface area (Å²) in [5.74, 6) is 2.25. The van der Waals surface area contributed by atoms with E-state index < -0.39 is 68.0 Å². The van der Waals surface area contributed by atoms with Crippen LogP contribution in [0.4, 0.5) is 0 Å². The molecule has 12 aromatic rings. The summed E-state index contributed by atoms with van der Waals surface area (Å²) >= 11 is 0. The summed E-state index contributed by atoms with van der Waals surface area (Å²) in [6.07, 6.45) is 7.16. The van der Waals surface area contributed by atoms with Crippen molar-refractivity contribution in [2.75, 3.05) is 20.5 Å². The molecule has 13 nitrogen and oxygen atoms in total. The second-order valence-electron chi connectivity index (χ2n) is 15.1. The minimum atomic E-state index is -3.92. The fraction of sp³-hybridized carbons (Fsp3) is 0.138. The number of aliphatic hydroxyl groups excluding tert-OH is 2. The third-order valence-electron chi connectivity index (χ3n) is 9.59. The predicted molar refractivity (Wildman–Crippen MR) is 335 cm³/mol. The van der Waals surface area contributed by atoms with Gasteiger partial charge in [-0.05, 0) is 111 Å². The minimum absolute atomic E-state index is 0. The van der Waals surface area contributed by atoms with E-state index in [-0.39, 0.29) is 122 Å². The Morgan fingerprint density at radius 1 is 0.595 bits per heavy atom. The Morgan fingerprint density at radius 3 is 1.50 bits per heavy atom. The van der Waals surface area contributed by atoms with Crippen LogP contribution in [0.3, 0.4) is 0 Å². The zero-order valence-electron chi connectivity index (χ0n) is 64.3. The summed E-state index contributed by atoms with van der Waals surface area (Å²) in [5.41, 5.74) is 5.09. The zero-order valence-corrected chi connectivity index (χ0v) is 49.9. The van der Waals surface area contributed by atoms with Crippen molar-refractivity contribution in [3.8, 4) is 57.4 Å². The van der Waals surface area contributed by atoms with E-state index in [1.54, 1.807) is 85.8 Å². The number of terminal acetylenes is 1. The van der Waals surface area contributed by atoms with E-state index in [0.717, 1.165) is 43.8 Å². The number of rotatable bonds is 4. The molecule has 0 saturated heterocycles. The molecule has 84 heavy (non-hydrogen) atoms. The fourth-order valence-electron chi connectivity index (χ4n) is 6.58. The van der Waals surface area contributed by atoms with Crippen molar-refractivity contribution in [3.05, 3.63) is 229 Å². The number of benzene rings is 4. The number of aryl methyl sites for hydroxylation is 4. The minimum Gasteiger partial charge on any atom is -0.748 e. The van der Waals surface area contributed by atoms with E-state index in [1.165, 1.54) is 24.5 Å². The molecule has 7 radical (unpaired) electrons. The van der Waals surface area contributed by atoms with Crippen LogP contribution in [0.15, 0.2) is 197 Å². The van der Waals surface area contributed by atoms with E-state index >= 15 is 0 Å². The summed E-state index contributed by atoms with van der Waals surface area (Å²) < 4.78 is 190. The Balaban J connectivity index is 0.000000658. The van der Waals surface area contributed by atoms with Crippen LogP contribution in [0.2, 0.25) is 0 Å². The van der Waals surface area contributed by atoms with Gasteiger partial charge in [0, 0.05) is 158 Å². The van der Waals surface area contributed by atoms with Gasteiger partial charge in [0.15, 0.2) is 0 Å². The third-order valence-corrected chi connectivity index (χ3v) is 9.59. The number of pyridine rings is 6. The van der Waals surface area contributed by atoms with Crippen LogP contribution in [-0.4, -0.2) is 96.1 Å². The summed E-state index contributed by atoms with van der Waals surface area (Å²) in [6, 6.07) is 42.7. The van der Waals surface area contributed by atoms with Crippen LogP contribution >= 0.6 is 0 Å². The summed E-state index contributed by atoms with van der Waals surface area (Å²) in [5, 5.41) is 16.5. The molecule has 0 fully saturated rings. The average molecular weight is 1510 g/mol. The molecule has 0 bridgehead atoms. The van der Waals surface area contributed by atoms with Gasteiger partial charge in [-0.25, -0.2) is 18.4 Å². The van der Waals surface area contributed by atoms with Gasteiger partial charge < -0.3 is 38.6 Å². The Hall–Kier alpha value is -7.74. The molecular weight excluding hydrogens is 1430 g/mol. The first-order valence-corrected chi connectivity index (χ1v) is 24.9. The number of fused-ring (bicyclic) bond motifs is 6.